The third kappa shape index (κ3) is 9.35. The van der Waals surface area contributed by atoms with Crippen LogP contribution >= 0.6 is 0 Å². The second-order valence-corrected chi connectivity index (χ2v) is 14.6. The molecule has 2 aliphatic heterocycles. The van der Waals surface area contributed by atoms with Crippen LogP contribution < -0.4 is 10.7 Å². The molecule has 0 saturated carbocycles. The van der Waals surface area contributed by atoms with Gasteiger partial charge < -0.3 is 50.0 Å². The summed E-state index contributed by atoms with van der Waals surface area (Å²) in [7, 11) is 7.15. The first-order valence-electron chi connectivity index (χ1n) is 16.5. The van der Waals surface area contributed by atoms with Gasteiger partial charge in [-0.05, 0) is 87.5 Å². The molecular weight excluding hydrogens is 584 g/mol. The number of carbonyl (C=O) groups excluding carboxylic acids is 1. The molecule has 0 radical (unpaired) electrons. The van der Waals surface area contributed by atoms with Crippen molar-refractivity contribution in [3.8, 4) is 0 Å². The Hall–Kier alpha value is -0.970. The van der Waals surface area contributed by atoms with Crippen molar-refractivity contribution in [2.45, 2.75) is 140 Å². The fourth-order valence-corrected chi connectivity index (χ4v) is 7.15. The van der Waals surface area contributed by atoms with Gasteiger partial charge in [0.15, 0.2) is 6.29 Å². The molecule has 0 spiro atoms. The van der Waals surface area contributed by atoms with Crippen molar-refractivity contribution >= 4 is 5.97 Å². The summed E-state index contributed by atoms with van der Waals surface area (Å²) in [4.78, 5) is 15.8. The fraction of sp³-hybridized carbons (Fsp3) is 0.969. The van der Waals surface area contributed by atoms with Gasteiger partial charge in [-0.1, -0.05) is 20.8 Å². The molecule has 13 heteroatoms. The van der Waals surface area contributed by atoms with E-state index < -0.39 is 71.4 Å². The summed E-state index contributed by atoms with van der Waals surface area (Å²) in [6, 6.07) is -0.843. The normalized spacial score (nSPS) is 46.5. The van der Waals surface area contributed by atoms with Crippen molar-refractivity contribution < 1.29 is 44.5 Å². The van der Waals surface area contributed by atoms with E-state index in [0.717, 1.165) is 0 Å². The Morgan fingerprint density at radius 3 is 2.20 bits per heavy atom. The number of aliphatic hydroxyl groups excluding tert-OH is 2. The van der Waals surface area contributed by atoms with Crippen LogP contribution in [0.4, 0.5) is 0 Å². The smallest absolute Gasteiger partial charge is 0.312 e. The molecule has 2 fully saturated rings. The largest absolute Gasteiger partial charge is 0.459 e. The lowest BCUT2D eigenvalue weighted by Gasteiger charge is -2.50. The van der Waals surface area contributed by atoms with Crippen molar-refractivity contribution in [3.05, 3.63) is 0 Å². The highest BCUT2D eigenvalue weighted by Gasteiger charge is 2.55. The summed E-state index contributed by atoms with van der Waals surface area (Å²) in [6.45, 7) is 14.0. The second-order valence-electron chi connectivity index (χ2n) is 14.6. The third-order valence-electron chi connectivity index (χ3n) is 10.3. The highest BCUT2D eigenvalue weighted by molar-refractivity contribution is 5.74. The number of rotatable bonds is 7. The van der Waals surface area contributed by atoms with Gasteiger partial charge in [-0.25, -0.2) is 5.01 Å². The SMILES string of the molecule is CC[C@H]1OC(=O)C(C)[C@@](O)(CN(C)NC)[C@H](C)[C@@H](O[C@@H]2O[C@H](C)C[C@H](N(C)C)[C@H]2O)[C@@](C)(O)C[C@@H](C)CN[C@H](C)[C@@H](O)[C@]1(C)O. The number of hydrazine groups is 1. The van der Waals surface area contributed by atoms with E-state index in [9.17, 15) is 30.3 Å². The van der Waals surface area contributed by atoms with E-state index in [-0.39, 0.29) is 37.5 Å². The van der Waals surface area contributed by atoms with Crippen LogP contribution in [0.2, 0.25) is 0 Å². The number of hydrogen-bond donors (Lipinski definition) is 7. The summed E-state index contributed by atoms with van der Waals surface area (Å²) < 4.78 is 18.5. The lowest BCUT2D eigenvalue weighted by Crippen LogP contribution is -2.64. The molecule has 2 heterocycles. The quantitative estimate of drug-likeness (QED) is 0.146. The van der Waals surface area contributed by atoms with E-state index in [2.05, 4.69) is 10.7 Å². The zero-order valence-corrected chi connectivity index (χ0v) is 29.6. The number of nitrogens with zero attached hydrogens (tertiary/aromatic N) is 2. The Kier molecular flexibility index (Phi) is 14.3. The van der Waals surface area contributed by atoms with Gasteiger partial charge in [0.05, 0.1) is 29.3 Å². The summed E-state index contributed by atoms with van der Waals surface area (Å²) in [5.74, 6) is -3.01. The number of cyclic esters (lactones) is 1. The minimum Gasteiger partial charge on any atom is -0.459 e. The van der Waals surface area contributed by atoms with E-state index in [1.165, 1.54) is 6.92 Å². The molecule has 0 aromatic carbocycles. The van der Waals surface area contributed by atoms with Crippen LogP contribution in [0, 0.1) is 17.8 Å². The zero-order chi connectivity index (χ0) is 34.7. The van der Waals surface area contributed by atoms with E-state index in [0.29, 0.717) is 13.0 Å². The van der Waals surface area contributed by atoms with Crippen LogP contribution in [0.1, 0.15) is 74.7 Å². The van der Waals surface area contributed by atoms with Crippen LogP contribution in [-0.4, -0.2) is 148 Å². The minimum absolute atomic E-state index is 0.0639. The molecule has 14 atom stereocenters. The number of carbonyl (C=O) groups is 1. The maximum Gasteiger partial charge on any atom is 0.312 e. The number of likely N-dealkylation sites (N-methyl/N-ethyl adjacent to an activating group) is 2. The lowest BCUT2D eigenvalue weighted by molar-refractivity contribution is -0.305. The standard InChI is InChI=1S/C32H64N4O9/c1-13-24-31(8,41)26(38)22(6)34-16-18(2)15-30(7,40)27(45-29-25(37)23(35(10)11)14-19(3)43-29)20(4)32(42,17-36(12)33-9)21(5)28(39)44-24/h18-27,29,33-34,37-38,40-42H,13-17H2,1-12H3/t18-,19-,20-,21?,22-,23+,24-,25-,26-,27-,29+,30+,31-,32-/m1/s1. The van der Waals surface area contributed by atoms with Crippen molar-refractivity contribution in [2.24, 2.45) is 17.8 Å². The summed E-state index contributed by atoms with van der Waals surface area (Å²) in [5, 5.41) is 63.6. The maximum atomic E-state index is 13.8. The topological polar surface area (TPSA) is 176 Å². The number of hydrogen-bond acceptors (Lipinski definition) is 13. The van der Waals surface area contributed by atoms with E-state index >= 15 is 0 Å². The molecule has 0 aromatic rings. The van der Waals surface area contributed by atoms with Crippen LogP contribution in [0.3, 0.4) is 0 Å². The van der Waals surface area contributed by atoms with Gasteiger partial charge in [-0.3, -0.25) is 10.2 Å². The minimum atomic E-state index is -1.85. The number of ether oxygens (including phenoxy) is 3. The molecule has 0 aromatic heterocycles. The van der Waals surface area contributed by atoms with E-state index in [4.69, 9.17) is 14.2 Å². The monoisotopic (exact) mass is 648 g/mol. The first-order chi connectivity index (χ1) is 20.6. The molecule has 0 amide bonds. The van der Waals surface area contributed by atoms with Crippen molar-refractivity contribution in [2.75, 3.05) is 41.3 Å². The molecule has 45 heavy (non-hydrogen) atoms. The maximum absolute atomic E-state index is 13.8. The zero-order valence-electron chi connectivity index (χ0n) is 29.6. The van der Waals surface area contributed by atoms with Crippen LogP contribution in [0.15, 0.2) is 0 Å². The lowest BCUT2D eigenvalue weighted by atomic mass is 9.70. The molecule has 1 unspecified atom stereocenters. The number of aliphatic hydroxyl groups is 5. The van der Waals surface area contributed by atoms with Crippen LogP contribution in [-0.2, 0) is 19.0 Å². The number of nitrogens with one attached hydrogen (secondary N) is 2. The predicted octanol–water partition coefficient (Wildman–Crippen LogP) is 0.0697. The highest BCUT2D eigenvalue weighted by atomic mass is 16.7. The summed E-state index contributed by atoms with van der Waals surface area (Å²) >= 11 is 0. The predicted molar refractivity (Wildman–Crippen MR) is 171 cm³/mol. The first-order valence-corrected chi connectivity index (χ1v) is 16.5. The third-order valence-corrected chi connectivity index (χ3v) is 10.3. The summed E-state index contributed by atoms with van der Waals surface area (Å²) in [6.07, 6.45) is -4.86. The molecule has 7 N–H and O–H groups in total. The molecule has 13 nitrogen and oxygen atoms in total. The first kappa shape index (κ1) is 40.2. The van der Waals surface area contributed by atoms with Crippen LogP contribution in [0.25, 0.3) is 0 Å². The molecule has 2 saturated heterocycles. The van der Waals surface area contributed by atoms with Crippen molar-refractivity contribution in [1.82, 2.24) is 20.7 Å². The molecule has 0 bridgehead atoms. The van der Waals surface area contributed by atoms with Gasteiger partial charge in [0, 0.05) is 31.6 Å². The summed E-state index contributed by atoms with van der Waals surface area (Å²) in [5.41, 5.74) is -2.25. The van der Waals surface area contributed by atoms with Gasteiger partial charge in [0.1, 0.15) is 23.9 Å². The fourth-order valence-electron chi connectivity index (χ4n) is 7.15. The Bertz CT molecular complexity index is 940. The van der Waals surface area contributed by atoms with Gasteiger partial charge in [0.25, 0.3) is 0 Å². The van der Waals surface area contributed by atoms with Crippen molar-refractivity contribution in [3.63, 3.8) is 0 Å². The molecule has 266 valence electrons. The average molecular weight is 649 g/mol. The molecule has 2 rings (SSSR count). The van der Waals surface area contributed by atoms with Gasteiger partial charge in [0.2, 0.25) is 0 Å². The number of esters is 1. The molecule has 2 aliphatic rings. The second kappa shape index (κ2) is 16.0. The average Bonchev–Trinajstić information content (AvgIpc) is 2.95. The van der Waals surface area contributed by atoms with Gasteiger partial charge >= 0.3 is 5.97 Å². The van der Waals surface area contributed by atoms with Gasteiger partial charge in [-0.15, -0.1) is 0 Å². The Morgan fingerprint density at radius 1 is 1.07 bits per heavy atom. The van der Waals surface area contributed by atoms with Gasteiger partial charge in [-0.2, -0.15) is 0 Å². The highest BCUT2D eigenvalue weighted by Crippen LogP contribution is 2.40. The van der Waals surface area contributed by atoms with Crippen molar-refractivity contribution in [1.29, 1.82) is 0 Å². The molecular formula is C32H64N4O9. The Balaban J connectivity index is 2.71. The Labute approximate surface area is 270 Å². The molecule has 0 aliphatic carbocycles. The van der Waals surface area contributed by atoms with E-state index in [1.54, 1.807) is 53.7 Å². The van der Waals surface area contributed by atoms with Crippen LogP contribution in [0.5, 0.6) is 0 Å². The van der Waals surface area contributed by atoms with E-state index in [1.807, 2.05) is 32.8 Å². The Morgan fingerprint density at radius 2 is 1.67 bits per heavy atom.